The van der Waals surface area contributed by atoms with Crippen LogP contribution in [0.4, 0.5) is 0 Å². The fraction of sp³-hybridized carbons (Fsp3) is 0.182. The molecule has 12 aromatic rings. The summed E-state index contributed by atoms with van der Waals surface area (Å²) in [5, 5.41) is 29.8. The summed E-state index contributed by atoms with van der Waals surface area (Å²) in [7, 11) is 0. The molecule has 0 aliphatic heterocycles. The molecule has 0 saturated carbocycles. The van der Waals surface area contributed by atoms with Crippen LogP contribution in [-0.4, -0.2) is 0 Å². The fourth-order valence-electron chi connectivity index (χ4n) is 14.0. The first-order valence-corrected chi connectivity index (χ1v) is 32.7. The van der Waals surface area contributed by atoms with Gasteiger partial charge in [-0.25, -0.2) is 0 Å². The van der Waals surface area contributed by atoms with Crippen LogP contribution in [0.1, 0.15) is 99.9 Å². The summed E-state index contributed by atoms with van der Waals surface area (Å²) in [4.78, 5) is 0. The van der Waals surface area contributed by atoms with Crippen molar-refractivity contribution in [1.82, 2.24) is 0 Å². The summed E-state index contributed by atoms with van der Waals surface area (Å²) in [6.07, 6.45) is 7.99. The van der Waals surface area contributed by atoms with E-state index in [1.807, 2.05) is 0 Å². The summed E-state index contributed by atoms with van der Waals surface area (Å²) >= 11 is 0. The van der Waals surface area contributed by atoms with Gasteiger partial charge >= 0.3 is 0 Å². The van der Waals surface area contributed by atoms with Gasteiger partial charge in [0.1, 0.15) is 0 Å². The maximum atomic E-state index is 2.46. The van der Waals surface area contributed by atoms with Gasteiger partial charge in [-0.15, -0.1) is 0 Å². The predicted octanol–water partition coefficient (Wildman–Crippen LogP) is 19.9. The fourth-order valence-corrected chi connectivity index (χ4v) is 14.0. The van der Waals surface area contributed by atoms with Crippen molar-refractivity contribution in [1.29, 1.82) is 0 Å². The maximum Gasteiger partial charge on any atom is -0.0102 e. The first kappa shape index (κ1) is 57.7. The van der Waals surface area contributed by atoms with E-state index < -0.39 is 0 Å². The third kappa shape index (κ3) is 11.1. The van der Waals surface area contributed by atoms with Crippen molar-refractivity contribution in [2.45, 2.75) is 107 Å². The highest BCUT2D eigenvalue weighted by Crippen LogP contribution is 2.21. The lowest BCUT2D eigenvalue weighted by Gasteiger charge is -2.07. The van der Waals surface area contributed by atoms with Crippen molar-refractivity contribution in [2.75, 3.05) is 0 Å². The molecule has 0 aromatic heterocycles. The Balaban J connectivity index is 1.12. The molecule has 0 spiro atoms. The molecule has 0 heteroatoms. The summed E-state index contributed by atoms with van der Waals surface area (Å²) in [6, 6.07) is 93.9. The van der Waals surface area contributed by atoms with Crippen LogP contribution in [0.15, 0.2) is 243 Å². The molecule has 12 aromatic carbocycles. The van der Waals surface area contributed by atoms with E-state index in [2.05, 4.69) is 298 Å². The minimum Gasteiger partial charge on any atom is -0.0613 e. The molecule has 0 N–H and O–H groups in total. The van der Waals surface area contributed by atoms with Gasteiger partial charge < -0.3 is 0 Å². The number of benzene rings is 12. The Hall–Kier alpha value is -9.36. The van der Waals surface area contributed by atoms with E-state index in [1.54, 1.807) is 0 Å². The Labute approximate surface area is 516 Å². The van der Waals surface area contributed by atoms with Crippen molar-refractivity contribution in [3.05, 3.63) is 412 Å². The molecule has 88 heavy (non-hydrogen) atoms. The summed E-state index contributed by atoms with van der Waals surface area (Å²) < 4.78 is 0. The Bertz CT molecular complexity index is 4750. The molecular formula is C88H80. The zero-order valence-corrected chi connectivity index (χ0v) is 52.8. The largest absolute Gasteiger partial charge is 0.0613 e. The predicted molar refractivity (Wildman–Crippen MR) is 364 cm³/mol. The number of hydrogen-bond acceptors (Lipinski definition) is 0. The zero-order valence-electron chi connectivity index (χ0n) is 52.8. The van der Waals surface area contributed by atoms with E-state index in [0.29, 0.717) is 0 Å². The van der Waals surface area contributed by atoms with Crippen LogP contribution in [0.2, 0.25) is 0 Å². The lowest BCUT2D eigenvalue weighted by molar-refractivity contribution is 1.03. The number of aryl methyl sites for hydroxylation is 8. The minimum absolute atomic E-state index is 0.999. The summed E-state index contributed by atoms with van der Waals surface area (Å²) in [5.74, 6) is 0. The standard InChI is InChI=1S/C88H80/c1-9-57-49-81-73-33-17-65(18-34-73)67-21-37-75(38-22-67)83-51-59(11-3)61(13-5)53-85(83)77-41-25-69(26-42-77)71-29-45-79(46-30-71)87-55-63(15-7)64(16-8)56-88(87)80-47-31-72(32-48-80)70-27-43-78(44-28-70)86-54-62(14-6)60(12-4)52-84(86)76-39-23-68(24-40-76)66-19-35-74(36-20-66)82(81)50-58(57)10-2/h17-56H,9-16H2,1-8H3. The Kier molecular flexibility index (Phi) is 16.5. The van der Waals surface area contributed by atoms with Gasteiger partial charge in [0.25, 0.3) is 0 Å². The highest BCUT2D eigenvalue weighted by Gasteiger charge is 2.07. The number of rotatable bonds is 8. The van der Waals surface area contributed by atoms with Crippen LogP contribution >= 0.6 is 0 Å². The SMILES string of the molecule is CCc1cc2c(cc1CC)=c1ccc(cc1)=c1ccc(cc1)=c1cc(CC)c(CC)cc1=c1ccc(cc1)=c1ccc(cc1)=c1cc(CC)c(CC)cc1=c1ccc(cc1)=c1ccc(cc1)=c1cc(CC)c(CC)cc1=c1ccc(cc1)=c1ccc=2cc1. The second kappa shape index (κ2) is 25.2. The molecular weight excluding hydrogens is 1060 g/mol. The van der Waals surface area contributed by atoms with E-state index >= 15 is 0 Å². The molecule has 0 saturated heterocycles. The molecule has 0 amide bonds. The van der Waals surface area contributed by atoms with Crippen LogP contribution in [0.25, 0.3) is 0 Å². The molecule has 0 fully saturated rings. The second-order valence-electron chi connectivity index (χ2n) is 24.1. The van der Waals surface area contributed by atoms with Gasteiger partial charge in [-0.05, 0) is 221 Å². The van der Waals surface area contributed by atoms with Crippen molar-refractivity contribution >= 4 is 0 Å². The van der Waals surface area contributed by atoms with Crippen LogP contribution in [-0.2, 0) is 51.4 Å². The summed E-state index contributed by atoms with van der Waals surface area (Å²) in [6.45, 7) is 18.3. The average molecular weight is 1140 g/mol. The molecule has 0 radical (unpaired) electrons. The molecule has 13 aliphatic carbocycles. The third-order valence-electron chi connectivity index (χ3n) is 19.3. The molecule has 16 bridgehead atoms. The van der Waals surface area contributed by atoms with Crippen LogP contribution < -0.4 is 0 Å². The normalized spacial score (nSPS) is 11.5. The van der Waals surface area contributed by atoms with Crippen molar-refractivity contribution in [3.8, 4) is 0 Å². The van der Waals surface area contributed by atoms with E-state index in [1.165, 1.54) is 170 Å². The monoisotopic (exact) mass is 1140 g/mol. The topological polar surface area (TPSA) is 0 Å². The van der Waals surface area contributed by atoms with Gasteiger partial charge in [0.05, 0.1) is 0 Å². The first-order valence-electron chi connectivity index (χ1n) is 32.7. The second-order valence-corrected chi connectivity index (χ2v) is 24.1. The Morgan fingerprint density at radius 2 is 0.205 bits per heavy atom. The average Bonchev–Trinajstić information content (AvgIpc) is 1.29. The van der Waals surface area contributed by atoms with Crippen molar-refractivity contribution in [3.63, 3.8) is 0 Å². The third-order valence-corrected chi connectivity index (χ3v) is 19.3. The number of hydrogen-bond donors (Lipinski definition) is 0. The van der Waals surface area contributed by atoms with E-state index in [0.717, 1.165) is 51.4 Å². The minimum atomic E-state index is 0.999. The van der Waals surface area contributed by atoms with E-state index in [4.69, 9.17) is 0 Å². The highest BCUT2D eigenvalue weighted by atomic mass is 14.1. The van der Waals surface area contributed by atoms with Crippen LogP contribution in [0.3, 0.4) is 0 Å². The zero-order chi connectivity index (χ0) is 60.4. The summed E-state index contributed by atoms with van der Waals surface area (Å²) in [5.41, 5.74) is 11.3. The van der Waals surface area contributed by atoms with Crippen molar-refractivity contribution < 1.29 is 0 Å². The first-order chi connectivity index (χ1) is 43.2. The van der Waals surface area contributed by atoms with E-state index in [-0.39, 0.29) is 0 Å². The Morgan fingerprint density at radius 3 is 0.284 bits per heavy atom. The molecule has 432 valence electrons. The van der Waals surface area contributed by atoms with E-state index in [9.17, 15) is 0 Å². The molecule has 0 atom stereocenters. The van der Waals surface area contributed by atoms with Crippen molar-refractivity contribution in [2.24, 2.45) is 0 Å². The van der Waals surface area contributed by atoms with Gasteiger partial charge in [-0.3, -0.25) is 0 Å². The smallest absolute Gasteiger partial charge is 0.0102 e. The van der Waals surface area contributed by atoms with Crippen LogP contribution in [0.5, 0.6) is 0 Å². The van der Waals surface area contributed by atoms with Gasteiger partial charge in [0, 0.05) is 0 Å². The van der Waals surface area contributed by atoms with Gasteiger partial charge in [0.2, 0.25) is 0 Å². The molecule has 13 aliphatic rings. The Morgan fingerprint density at radius 1 is 0.125 bits per heavy atom. The molecule has 0 nitrogen and oxygen atoms in total. The van der Waals surface area contributed by atoms with Gasteiger partial charge in [-0.2, -0.15) is 0 Å². The lowest BCUT2D eigenvalue weighted by atomic mass is 9.97. The van der Waals surface area contributed by atoms with Gasteiger partial charge in [-0.1, -0.05) is 298 Å². The highest BCUT2D eigenvalue weighted by molar-refractivity contribution is 5.39. The molecule has 0 unspecified atom stereocenters. The van der Waals surface area contributed by atoms with Crippen LogP contribution in [0, 0.1) is 125 Å². The lowest BCUT2D eigenvalue weighted by Crippen LogP contribution is -1.94. The molecule has 0 heterocycles. The molecule has 25 rings (SSSR count). The quantitative estimate of drug-likeness (QED) is 0.142. The van der Waals surface area contributed by atoms with Gasteiger partial charge in [0.15, 0.2) is 0 Å². The maximum absolute atomic E-state index is 2.46.